The predicted octanol–water partition coefficient (Wildman–Crippen LogP) is 3.00. The Kier molecular flexibility index (Phi) is 4.01. The monoisotopic (exact) mass is 305 g/mol. The van der Waals surface area contributed by atoms with Crippen molar-refractivity contribution >= 4 is 11.6 Å². The van der Waals surface area contributed by atoms with Gasteiger partial charge in [0.05, 0.1) is 5.69 Å². The van der Waals surface area contributed by atoms with Gasteiger partial charge >= 0.3 is 0 Å². The Hall–Kier alpha value is -3.21. The second-order valence-corrected chi connectivity index (χ2v) is 5.15. The number of aromatic nitrogens is 2. The van der Waals surface area contributed by atoms with Crippen LogP contribution in [0.2, 0.25) is 0 Å². The molecule has 5 nitrogen and oxygen atoms in total. The fourth-order valence-corrected chi connectivity index (χ4v) is 2.14. The number of hydrogen-bond donors (Lipinski definition) is 2. The molecule has 0 aliphatic rings. The number of amides is 1. The molecule has 1 amide bonds. The smallest absolute Gasteiger partial charge is 0.280 e. The van der Waals surface area contributed by atoms with Gasteiger partial charge in [0, 0.05) is 17.4 Å². The number of rotatable bonds is 3. The maximum Gasteiger partial charge on any atom is 0.280 e. The molecule has 5 heteroatoms. The lowest BCUT2D eigenvalue weighted by molar-refractivity contribution is 0.102. The maximum absolute atomic E-state index is 12.3. The van der Waals surface area contributed by atoms with Gasteiger partial charge in [0.1, 0.15) is 0 Å². The Morgan fingerprint density at radius 3 is 2.43 bits per heavy atom. The molecule has 0 radical (unpaired) electrons. The van der Waals surface area contributed by atoms with E-state index >= 15 is 0 Å². The zero-order valence-electron chi connectivity index (χ0n) is 12.5. The minimum absolute atomic E-state index is 0.160. The summed E-state index contributed by atoms with van der Waals surface area (Å²) >= 11 is 0. The Labute approximate surface area is 133 Å². The first kappa shape index (κ1) is 14.7. The number of H-pyrrole nitrogens is 1. The molecule has 0 fully saturated rings. The number of hydrogen-bond acceptors (Lipinski definition) is 3. The van der Waals surface area contributed by atoms with Gasteiger partial charge in [-0.1, -0.05) is 48.0 Å². The van der Waals surface area contributed by atoms with Crippen molar-refractivity contribution in [3.05, 3.63) is 82.4 Å². The summed E-state index contributed by atoms with van der Waals surface area (Å²) in [6.45, 7) is 1.99. The van der Waals surface area contributed by atoms with Crippen molar-refractivity contribution in [3.63, 3.8) is 0 Å². The van der Waals surface area contributed by atoms with Gasteiger partial charge in [0.15, 0.2) is 5.69 Å². The van der Waals surface area contributed by atoms with Crippen molar-refractivity contribution in [2.75, 3.05) is 5.32 Å². The third-order valence-corrected chi connectivity index (χ3v) is 3.38. The summed E-state index contributed by atoms with van der Waals surface area (Å²) in [6.07, 6.45) is 1.51. The van der Waals surface area contributed by atoms with Gasteiger partial charge in [-0.05, 0) is 19.1 Å². The lowest BCUT2D eigenvalue weighted by Crippen LogP contribution is -2.25. The molecule has 0 saturated heterocycles. The number of carbonyl (C=O) groups is 1. The summed E-state index contributed by atoms with van der Waals surface area (Å²) in [5.74, 6) is -0.536. The molecule has 1 aromatic heterocycles. The number of para-hydroxylation sites is 1. The molecule has 23 heavy (non-hydrogen) atoms. The summed E-state index contributed by atoms with van der Waals surface area (Å²) < 4.78 is 0. The standard InChI is InChI=1S/C18H15N3O2/c1-12-7-9-13(10-8-12)15-11-19-17(22)16(21-15)18(23)20-14-5-3-2-4-6-14/h2-11H,1H3,(H,19,22)(H,20,23). The molecule has 0 bridgehead atoms. The van der Waals surface area contributed by atoms with Crippen LogP contribution in [0.4, 0.5) is 5.69 Å². The van der Waals surface area contributed by atoms with E-state index in [2.05, 4.69) is 15.3 Å². The molecule has 3 aromatic rings. The van der Waals surface area contributed by atoms with Crippen LogP contribution in [-0.4, -0.2) is 15.9 Å². The van der Waals surface area contributed by atoms with E-state index in [9.17, 15) is 9.59 Å². The van der Waals surface area contributed by atoms with Crippen LogP contribution in [0.15, 0.2) is 65.6 Å². The zero-order chi connectivity index (χ0) is 16.2. The molecule has 0 unspecified atom stereocenters. The van der Waals surface area contributed by atoms with Crippen LogP contribution in [0.1, 0.15) is 16.1 Å². The van der Waals surface area contributed by atoms with E-state index in [0.717, 1.165) is 11.1 Å². The number of aryl methyl sites for hydroxylation is 1. The highest BCUT2D eigenvalue weighted by atomic mass is 16.2. The summed E-state index contributed by atoms with van der Waals surface area (Å²) in [7, 11) is 0. The van der Waals surface area contributed by atoms with Gasteiger partial charge in [-0.3, -0.25) is 9.59 Å². The molecule has 0 spiro atoms. The normalized spacial score (nSPS) is 10.3. The SMILES string of the molecule is Cc1ccc(-c2c[nH]c(=O)c(C(=O)Nc3ccccc3)n2)cc1. The van der Waals surface area contributed by atoms with Crippen LogP contribution in [-0.2, 0) is 0 Å². The maximum atomic E-state index is 12.3. The third kappa shape index (κ3) is 3.35. The number of nitrogens with zero attached hydrogens (tertiary/aromatic N) is 1. The summed E-state index contributed by atoms with van der Waals surface area (Å²) in [5, 5.41) is 2.67. The van der Waals surface area contributed by atoms with Crippen molar-refractivity contribution in [2.45, 2.75) is 6.92 Å². The molecule has 3 rings (SSSR count). The number of anilines is 1. The Balaban J connectivity index is 1.93. The van der Waals surface area contributed by atoms with Crippen molar-refractivity contribution in [3.8, 4) is 11.3 Å². The average Bonchev–Trinajstić information content (AvgIpc) is 2.57. The second-order valence-electron chi connectivity index (χ2n) is 5.15. The number of nitrogens with one attached hydrogen (secondary N) is 2. The van der Waals surface area contributed by atoms with Crippen molar-refractivity contribution in [2.24, 2.45) is 0 Å². The number of benzene rings is 2. The van der Waals surface area contributed by atoms with Gasteiger partial charge in [0.25, 0.3) is 11.5 Å². The Bertz CT molecular complexity index is 884. The molecular weight excluding hydrogens is 290 g/mol. The summed E-state index contributed by atoms with van der Waals surface area (Å²) in [4.78, 5) is 31.0. The first-order valence-corrected chi connectivity index (χ1v) is 7.16. The zero-order valence-corrected chi connectivity index (χ0v) is 12.5. The molecule has 0 atom stereocenters. The van der Waals surface area contributed by atoms with E-state index in [4.69, 9.17) is 0 Å². The average molecular weight is 305 g/mol. The van der Waals surface area contributed by atoms with Crippen LogP contribution in [0.3, 0.4) is 0 Å². The minimum Gasteiger partial charge on any atom is -0.325 e. The van der Waals surface area contributed by atoms with Gasteiger partial charge < -0.3 is 10.3 Å². The quantitative estimate of drug-likeness (QED) is 0.781. The number of carbonyl (C=O) groups excluding carboxylic acids is 1. The van der Waals surface area contributed by atoms with Gasteiger partial charge in [-0.2, -0.15) is 0 Å². The highest BCUT2D eigenvalue weighted by Gasteiger charge is 2.14. The van der Waals surface area contributed by atoms with Crippen LogP contribution in [0, 0.1) is 6.92 Å². The Morgan fingerprint density at radius 1 is 1.04 bits per heavy atom. The van der Waals surface area contributed by atoms with Crippen LogP contribution < -0.4 is 10.9 Å². The van der Waals surface area contributed by atoms with E-state index in [0.29, 0.717) is 11.4 Å². The molecule has 1 heterocycles. The van der Waals surface area contributed by atoms with Gasteiger partial charge in [0.2, 0.25) is 0 Å². The molecule has 0 aliphatic carbocycles. The summed E-state index contributed by atoms with van der Waals surface area (Å²) in [5.41, 5.74) is 2.43. The van der Waals surface area contributed by atoms with Gasteiger partial charge in [-0.15, -0.1) is 0 Å². The first-order valence-electron chi connectivity index (χ1n) is 7.16. The van der Waals surface area contributed by atoms with Crippen molar-refractivity contribution < 1.29 is 4.79 Å². The summed E-state index contributed by atoms with van der Waals surface area (Å²) in [6, 6.07) is 16.6. The van der Waals surface area contributed by atoms with E-state index in [-0.39, 0.29) is 5.69 Å². The molecule has 2 N–H and O–H groups in total. The fraction of sp³-hybridized carbons (Fsp3) is 0.0556. The van der Waals surface area contributed by atoms with Crippen LogP contribution in [0.5, 0.6) is 0 Å². The lowest BCUT2D eigenvalue weighted by atomic mass is 10.1. The lowest BCUT2D eigenvalue weighted by Gasteiger charge is -2.06. The molecule has 114 valence electrons. The largest absolute Gasteiger partial charge is 0.325 e. The minimum atomic E-state index is -0.536. The molecule has 0 saturated carbocycles. The number of aromatic amines is 1. The van der Waals surface area contributed by atoms with E-state index in [1.54, 1.807) is 24.3 Å². The van der Waals surface area contributed by atoms with E-state index in [1.165, 1.54) is 6.20 Å². The van der Waals surface area contributed by atoms with E-state index in [1.807, 2.05) is 37.3 Å². The predicted molar refractivity (Wildman–Crippen MR) is 89.4 cm³/mol. The van der Waals surface area contributed by atoms with Gasteiger partial charge in [-0.25, -0.2) is 4.98 Å². The molecule has 2 aromatic carbocycles. The van der Waals surface area contributed by atoms with Crippen molar-refractivity contribution in [1.29, 1.82) is 0 Å². The fourth-order valence-electron chi connectivity index (χ4n) is 2.14. The van der Waals surface area contributed by atoms with E-state index < -0.39 is 11.5 Å². The first-order chi connectivity index (χ1) is 11.1. The highest BCUT2D eigenvalue weighted by molar-refractivity contribution is 6.02. The van der Waals surface area contributed by atoms with Crippen LogP contribution in [0.25, 0.3) is 11.3 Å². The van der Waals surface area contributed by atoms with Crippen molar-refractivity contribution in [1.82, 2.24) is 9.97 Å². The second kappa shape index (κ2) is 6.27. The Morgan fingerprint density at radius 2 is 1.74 bits per heavy atom. The molecular formula is C18H15N3O2. The third-order valence-electron chi connectivity index (χ3n) is 3.38. The van der Waals surface area contributed by atoms with Crippen LogP contribution >= 0.6 is 0 Å². The highest BCUT2D eigenvalue weighted by Crippen LogP contribution is 2.16. The molecule has 0 aliphatic heterocycles. The topological polar surface area (TPSA) is 74.8 Å².